The van der Waals surface area contributed by atoms with Gasteiger partial charge >= 0.3 is 0 Å². The molecule has 0 bridgehead atoms. The number of hydroxylamine groups is 1. The standard InChI is InChI=1S/C11H12N4O2/c12-7-2-3-9-8(6-7)10(16)14-11(13-9)15-4-1-5-17-15/h2-3,6H,1,4-5,12H2,(H,13,14,16). The van der Waals surface area contributed by atoms with Crippen LogP contribution in [0, 0.1) is 0 Å². The normalized spacial score (nSPS) is 15.6. The maximum Gasteiger partial charge on any atom is 0.260 e. The van der Waals surface area contributed by atoms with Gasteiger partial charge in [0, 0.05) is 5.69 Å². The highest BCUT2D eigenvalue weighted by molar-refractivity contribution is 5.81. The van der Waals surface area contributed by atoms with E-state index in [4.69, 9.17) is 10.6 Å². The Morgan fingerprint density at radius 3 is 3.12 bits per heavy atom. The molecule has 1 aromatic heterocycles. The number of H-pyrrole nitrogens is 1. The van der Waals surface area contributed by atoms with Gasteiger partial charge in [-0.2, -0.15) is 0 Å². The summed E-state index contributed by atoms with van der Waals surface area (Å²) < 4.78 is 0. The number of benzene rings is 1. The highest BCUT2D eigenvalue weighted by Crippen LogP contribution is 2.17. The zero-order valence-electron chi connectivity index (χ0n) is 9.14. The summed E-state index contributed by atoms with van der Waals surface area (Å²) in [6, 6.07) is 5.08. The Bertz CT molecular complexity index is 616. The molecule has 3 rings (SSSR count). The lowest BCUT2D eigenvalue weighted by Gasteiger charge is -2.14. The number of hydrogen-bond acceptors (Lipinski definition) is 5. The van der Waals surface area contributed by atoms with Crippen LogP contribution in [-0.2, 0) is 4.84 Å². The number of hydrogen-bond donors (Lipinski definition) is 2. The largest absolute Gasteiger partial charge is 0.399 e. The summed E-state index contributed by atoms with van der Waals surface area (Å²) in [6.07, 6.45) is 0.934. The summed E-state index contributed by atoms with van der Waals surface area (Å²) in [5, 5.41) is 2.10. The van der Waals surface area contributed by atoms with Crippen molar-refractivity contribution in [2.45, 2.75) is 6.42 Å². The molecule has 1 aliphatic heterocycles. The van der Waals surface area contributed by atoms with Gasteiger partial charge in [0.15, 0.2) is 0 Å². The molecule has 0 unspecified atom stereocenters. The summed E-state index contributed by atoms with van der Waals surface area (Å²) >= 11 is 0. The third kappa shape index (κ3) is 1.72. The van der Waals surface area contributed by atoms with Crippen LogP contribution in [-0.4, -0.2) is 23.1 Å². The van der Waals surface area contributed by atoms with E-state index in [9.17, 15) is 4.79 Å². The first-order valence-electron chi connectivity index (χ1n) is 5.44. The van der Waals surface area contributed by atoms with Crippen molar-refractivity contribution in [3.63, 3.8) is 0 Å². The third-order valence-corrected chi connectivity index (χ3v) is 2.71. The predicted octanol–water partition coefficient (Wildman–Crippen LogP) is 0.647. The predicted molar refractivity (Wildman–Crippen MR) is 64.7 cm³/mol. The molecule has 1 aliphatic rings. The summed E-state index contributed by atoms with van der Waals surface area (Å²) in [6.45, 7) is 1.40. The molecule has 2 aromatic rings. The number of rotatable bonds is 1. The van der Waals surface area contributed by atoms with Gasteiger partial charge in [-0.05, 0) is 24.6 Å². The Labute approximate surface area is 97.0 Å². The van der Waals surface area contributed by atoms with Crippen LogP contribution in [0.25, 0.3) is 10.9 Å². The van der Waals surface area contributed by atoms with E-state index >= 15 is 0 Å². The lowest BCUT2D eigenvalue weighted by atomic mass is 10.2. The number of nitrogen functional groups attached to an aromatic ring is 1. The van der Waals surface area contributed by atoms with E-state index < -0.39 is 0 Å². The fourth-order valence-electron chi connectivity index (χ4n) is 1.88. The third-order valence-electron chi connectivity index (χ3n) is 2.71. The van der Waals surface area contributed by atoms with E-state index in [2.05, 4.69) is 9.97 Å². The van der Waals surface area contributed by atoms with Crippen LogP contribution >= 0.6 is 0 Å². The molecule has 6 nitrogen and oxygen atoms in total. The molecule has 0 aliphatic carbocycles. The molecule has 6 heteroatoms. The smallest absolute Gasteiger partial charge is 0.260 e. The number of aromatic amines is 1. The average Bonchev–Trinajstić information content (AvgIpc) is 2.83. The van der Waals surface area contributed by atoms with Gasteiger partial charge in [-0.3, -0.25) is 14.6 Å². The highest BCUT2D eigenvalue weighted by atomic mass is 16.7. The lowest BCUT2D eigenvalue weighted by molar-refractivity contribution is 0.164. The van der Waals surface area contributed by atoms with Crippen molar-refractivity contribution in [1.29, 1.82) is 0 Å². The van der Waals surface area contributed by atoms with E-state index in [0.29, 0.717) is 29.1 Å². The molecule has 1 saturated heterocycles. The zero-order valence-corrected chi connectivity index (χ0v) is 9.14. The van der Waals surface area contributed by atoms with E-state index in [-0.39, 0.29) is 5.56 Å². The minimum absolute atomic E-state index is 0.201. The molecule has 0 amide bonds. The zero-order chi connectivity index (χ0) is 11.8. The Hall–Kier alpha value is -2.08. The van der Waals surface area contributed by atoms with Crippen molar-refractivity contribution in [2.75, 3.05) is 23.9 Å². The Morgan fingerprint density at radius 2 is 2.35 bits per heavy atom. The first-order valence-corrected chi connectivity index (χ1v) is 5.44. The molecule has 0 radical (unpaired) electrons. The second-order valence-corrected chi connectivity index (χ2v) is 3.96. The topological polar surface area (TPSA) is 84.2 Å². The molecule has 1 fully saturated rings. The van der Waals surface area contributed by atoms with Gasteiger partial charge in [0.25, 0.3) is 5.56 Å². The summed E-state index contributed by atoms with van der Waals surface area (Å²) in [5.74, 6) is 0.449. The number of anilines is 2. The quantitative estimate of drug-likeness (QED) is 0.705. The minimum Gasteiger partial charge on any atom is -0.399 e. The van der Waals surface area contributed by atoms with Gasteiger partial charge in [0.1, 0.15) is 0 Å². The van der Waals surface area contributed by atoms with Crippen molar-refractivity contribution in [3.8, 4) is 0 Å². The van der Waals surface area contributed by atoms with Crippen LogP contribution in [0.5, 0.6) is 0 Å². The Kier molecular flexibility index (Phi) is 2.22. The van der Waals surface area contributed by atoms with Crippen molar-refractivity contribution in [2.24, 2.45) is 0 Å². The molecule has 3 N–H and O–H groups in total. The second-order valence-electron chi connectivity index (χ2n) is 3.96. The lowest BCUT2D eigenvalue weighted by Crippen LogP contribution is -2.22. The summed E-state index contributed by atoms with van der Waals surface area (Å²) in [4.78, 5) is 24.3. The van der Waals surface area contributed by atoms with Crippen molar-refractivity contribution in [3.05, 3.63) is 28.6 Å². The summed E-state index contributed by atoms with van der Waals surface area (Å²) in [7, 11) is 0. The van der Waals surface area contributed by atoms with E-state index in [0.717, 1.165) is 13.0 Å². The summed E-state index contributed by atoms with van der Waals surface area (Å²) in [5.41, 5.74) is 6.61. The second kappa shape index (κ2) is 3.74. The van der Waals surface area contributed by atoms with Crippen molar-refractivity contribution < 1.29 is 4.84 Å². The van der Waals surface area contributed by atoms with Crippen LogP contribution in [0.2, 0.25) is 0 Å². The molecular weight excluding hydrogens is 220 g/mol. The van der Waals surface area contributed by atoms with Gasteiger partial charge in [-0.1, -0.05) is 0 Å². The molecular formula is C11H12N4O2. The van der Waals surface area contributed by atoms with Crippen LogP contribution in [0.4, 0.5) is 11.6 Å². The average molecular weight is 232 g/mol. The maximum atomic E-state index is 11.9. The van der Waals surface area contributed by atoms with E-state index in [1.54, 1.807) is 23.3 Å². The molecule has 2 heterocycles. The SMILES string of the molecule is Nc1ccc2nc(N3CCCO3)[nH]c(=O)c2c1. The molecule has 0 saturated carbocycles. The van der Waals surface area contributed by atoms with Crippen LogP contribution in [0.3, 0.4) is 0 Å². The number of aromatic nitrogens is 2. The first kappa shape index (κ1) is 10.1. The fourth-order valence-corrected chi connectivity index (χ4v) is 1.88. The molecule has 88 valence electrons. The van der Waals surface area contributed by atoms with Gasteiger partial charge in [-0.15, -0.1) is 0 Å². The first-order chi connectivity index (χ1) is 8.24. The van der Waals surface area contributed by atoms with Gasteiger partial charge in [0.2, 0.25) is 5.95 Å². The number of nitrogens with two attached hydrogens (primary N) is 1. The highest BCUT2D eigenvalue weighted by Gasteiger charge is 2.16. The van der Waals surface area contributed by atoms with Gasteiger partial charge in [0.05, 0.1) is 24.1 Å². The maximum absolute atomic E-state index is 11.9. The monoisotopic (exact) mass is 232 g/mol. The van der Waals surface area contributed by atoms with Crippen LogP contribution in [0.15, 0.2) is 23.0 Å². The van der Waals surface area contributed by atoms with Crippen LogP contribution in [0.1, 0.15) is 6.42 Å². The molecule has 17 heavy (non-hydrogen) atoms. The Balaban J connectivity index is 2.17. The van der Waals surface area contributed by atoms with Crippen LogP contribution < -0.4 is 16.4 Å². The van der Waals surface area contributed by atoms with Gasteiger partial charge in [-0.25, -0.2) is 10.0 Å². The molecule has 1 aromatic carbocycles. The fraction of sp³-hybridized carbons (Fsp3) is 0.273. The minimum atomic E-state index is -0.201. The van der Waals surface area contributed by atoms with Crippen molar-refractivity contribution in [1.82, 2.24) is 9.97 Å². The number of nitrogens with zero attached hydrogens (tertiary/aromatic N) is 2. The van der Waals surface area contributed by atoms with Gasteiger partial charge < -0.3 is 5.73 Å². The Morgan fingerprint density at radius 1 is 1.47 bits per heavy atom. The number of nitrogens with one attached hydrogen (secondary N) is 1. The van der Waals surface area contributed by atoms with Crippen molar-refractivity contribution >= 4 is 22.5 Å². The number of fused-ring (bicyclic) bond motifs is 1. The molecule has 0 atom stereocenters. The molecule has 0 spiro atoms. The van der Waals surface area contributed by atoms with E-state index in [1.807, 2.05) is 0 Å². The van der Waals surface area contributed by atoms with E-state index in [1.165, 1.54) is 0 Å².